The Kier molecular flexibility index (Phi) is 4.93. The van der Waals surface area contributed by atoms with Crippen LogP contribution in [-0.4, -0.2) is 12.6 Å². The van der Waals surface area contributed by atoms with Gasteiger partial charge in [0.15, 0.2) is 0 Å². The number of carbonyl (C=O) groups excluding carboxylic acids is 1. The van der Waals surface area contributed by atoms with Gasteiger partial charge in [0.05, 0.1) is 22.9 Å². The SMILES string of the molecule is CCOC(=O)c1cccc(Sc2ccccc2Cl)c1N. The number of hydrogen-bond donors (Lipinski definition) is 1. The van der Waals surface area contributed by atoms with Crippen LogP contribution in [0.1, 0.15) is 17.3 Å². The van der Waals surface area contributed by atoms with Crippen molar-refractivity contribution < 1.29 is 9.53 Å². The maximum absolute atomic E-state index is 11.8. The molecular weight excluding hydrogens is 294 g/mol. The quantitative estimate of drug-likeness (QED) is 0.677. The topological polar surface area (TPSA) is 52.3 Å². The minimum absolute atomic E-state index is 0.320. The largest absolute Gasteiger partial charge is 0.462 e. The van der Waals surface area contributed by atoms with Crippen LogP contribution in [0.25, 0.3) is 0 Å². The van der Waals surface area contributed by atoms with Crippen molar-refractivity contribution in [1.29, 1.82) is 0 Å². The summed E-state index contributed by atoms with van der Waals surface area (Å²) in [5, 5.41) is 0.651. The maximum atomic E-state index is 11.8. The van der Waals surface area contributed by atoms with Crippen molar-refractivity contribution in [3.05, 3.63) is 53.1 Å². The van der Waals surface area contributed by atoms with Gasteiger partial charge in [-0.2, -0.15) is 0 Å². The summed E-state index contributed by atoms with van der Waals surface area (Å²) in [6.07, 6.45) is 0. The van der Waals surface area contributed by atoms with E-state index in [1.54, 1.807) is 19.1 Å². The highest BCUT2D eigenvalue weighted by molar-refractivity contribution is 7.99. The number of ether oxygens (including phenoxy) is 1. The van der Waals surface area contributed by atoms with Gasteiger partial charge in [0.1, 0.15) is 0 Å². The Morgan fingerprint density at radius 2 is 1.90 bits per heavy atom. The lowest BCUT2D eigenvalue weighted by molar-refractivity contribution is 0.0527. The van der Waals surface area contributed by atoms with Crippen LogP contribution in [0.2, 0.25) is 5.02 Å². The first kappa shape index (κ1) is 14.8. The third-order valence-electron chi connectivity index (χ3n) is 2.62. The number of anilines is 1. The van der Waals surface area contributed by atoms with Crippen LogP contribution in [0, 0.1) is 0 Å². The molecule has 2 rings (SSSR count). The molecule has 0 aliphatic carbocycles. The number of rotatable bonds is 4. The molecule has 104 valence electrons. The molecule has 0 atom stereocenters. The third-order valence-corrected chi connectivity index (χ3v) is 4.21. The fourth-order valence-electron chi connectivity index (χ4n) is 1.67. The summed E-state index contributed by atoms with van der Waals surface area (Å²) in [6, 6.07) is 12.8. The molecule has 0 heterocycles. The van der Waals surface area contributed by atoms with Crippen molar-refractivity contribution in [2.45, 2.75) is 16.7 Å². The Morgan fingerprint density at radius 3 is 2.60 bits per heavy atom. The maximum Gasteiger partial charge on any atom is 0.340 e. The van der Waals surface area contributed by atoms with E-state index in [0.29, 0.717) is 22.9 Å². The Morgan fingerprint density at radius 1 is 1.20 bits per heavy atom. The second-order valence-electron chi connectivity index (χ2n) is 3.97. The Bertz CT molecular complexity index is 631. The molecule has 0 radical (unpaired) electrons. The van der Waals surface area contributed by atoms with Crippen LogP contribution in [0.3, 0.4) is 0 Å². The highest BCUT2D eigenvalue weighted by atomic mass is 35.5. The molecule has 0 spiro atoms. The van der Waals surface area contributed by atoms with Crippen LogP contribution in [-0.2, 0) is 4.74 Å². The molecule has 0 fully saturated rings. The van der Waals surface area contributed by atoms with Crippen molar-refractivity contribution in [3.63, 3.8) is 0 Å². The number of para-hydroxylation sites is 1. The summed E-state index contributed by atoms with van der Waals surface area (Å²) >= 11 is 7.55. The minimum atomic E-state index is -0.411. The van der Waals surface area contributed by atoms with Crippen LogP contribution in [0.15, 0.2) is 52.3 Å². The molecule has 2 N–H and O–H groups in total. The van der Waals surface area contributed by atoms with Crippen molar-refractivity contribution in [2.24, 2.45) is 0 Å². The predicted molar refractivity (Wildman–Crippen MR) is 82.4 cm³/mol. The van der Waals surface area contributed by atoms with E-state index in [1.807, 2.05) is 30.3 Å². The molecule has 0 saturated heterocycles. The summed E-state index contributed by atoms with van der Waals surface area (Å²) in [6.45, 7) is 2.08. The third kappa shape index (κ3) is 3.26. The van der Waals surface area contributed by atoms with Gasteiger partial charge in [-0.1, -0.05) is 41.6 Å². The van der Waals surface area contributed by atoms with E-state index in [2.05, 4.69) is 0 Å². The summed E-state index contributed by atoms with van der Waals surface area (Å²) in [5.74, 6) is -0.411. The molecule has 0 aliphatic heterocycles. The molecule has 0 amide bonds. The van der Waals surface area contributed by atoms with E-state index in [1.165, 1.54) is 11.8 Å². The van der Waals surface area contributed by atoms with Gasteiger partial charge in [-0.15, -0.1) is 0 Å². The zero-order valence-corrected chi connectivity index (χ0v) is 12.5. The second-order valence-corrected chi connectivity index (χ2v) is 5.46. The average Bonchev–Trinajstić information content (AvgIpc) is 2.43. The number of benzene rings is 2. The molecule has 0 bridgehead atoms. The van der Waals surface area contributed by atoms with Gasteiger partial charge in [0.25, 0.3) is 0 Å². The van der Waals surface area contributed by atoms with Crippen LogP contribution < -0.4 is 5.73 Å². The van der Waals surface area contributed by atoms with E-state index in [-0.39, 0.29) is 0 Å². The molecule has 2 aromatic carbocycles. The molecule has 20 heavy (non-hydrogen) atoms. The van der Waals surface area contributed by atoms with Gasteiger partial charge in [0.2, 0.25) is 0 Å². The molecular formula is C15H14ClNO2S. The van der Waals surface area contributed by atoms with Crippen molar-refractivity contribution >= 4 is 35.0 Å². The zero-order valence-electron chi connectivity index (χ0n) is 10.9. The van der Waals surface area contributed by atoms with E-state index in [4.69, 9.17) is 22.1 Å². The number of nitrogen functional groups attached to an aromatic ring is 1. The normalized spacial score (nSPS) is 10.3. The second kappa shape index (κ2) is 6.68. The number of halogens is 1. The summed E-state index contributed by atoms with van der Waals surface area (Å²) < 4.78 is 4.98. The van der Waals surface area contributed by atoms with Gasteiger partial charge >= 0.3 is 5.97 Å². The highest BCUT2D eigenvalue weighted by Gasteiger charge is 2.14. The van der Waals surface area contributed by atoms with Gasteiger partial charge in [-0.25, -0.2) is 4.79 Å². The van der Waals surface area contributed by atoms with Gasteiger partial charge in [-0.05, 0) is 31.2 Å². The van der Waals surface area contributed by atoms with E-state index >= 15 is 0 Å². The Balaban J connectivity index is 2.32. The molecule has 3 nitrogen and oxygen atoms in total. The van der Waals surface area contributed by atoms with Crippen LogP contribution in [0.4, 0.5) is 5.69 Å². The number of nitrogens with two attached hydrogens (primary N) is 1. The summed E-state index contributed by atoms with van der Waals surface area (Å²) in [4.78, 5) is 13.5. The lowest BCUT2D eigenvalue weighted by Gasteiger charge is -2.10. The summed E-state index contributed by atoms with van der Waals surface area (Å²) in [5.41, 5.74) is 6.84. The van der Waals surface area contributed by atoms with Crippen molar-refractivity contribution in [2.75, 3.05) is 12.3 Å². The smallest absolute Gasteiger partial charge is 0.340 e. The van der Waals surface area contributed by atoms with Gasteiger partial charge in [0, 0.05) is 9.79 Å². The number of hydrogen-bond acceptors (Lipinski definition) is 4. The number of esters is 1. The van der Waals surface area contributed by atoms with E-state index < -0.39 is 5.97 Å². The summed E-state index contributed by atoms with van der Waals surface area (Å²) in [7, 11) is 0. The van der Waals surface area contributed by atoms with Crippen LogP contribution >= 0.6 is 23.4 Å². The minimum Gasteiger partial charge on any atom is -0.462 e. The van der Waals surface area contributed by atoms with E-state index in [0.717, 1.165) is 9.79 Å². The highest BCUT2D eigenvalue weighted by Crippen LogP contribution is 2.37. The van der Waals surface area contributed by atoms with Crippen molar-refractivity contribution in [3.8, 4) is 0 Å². The lowest BCUT2D eigenvalue weighted by Crippen LogP contribution is -2.08. The Hall–Kier alpha value is -1.65. The first-order valence-electron chi connectivity index (χ1n) is 6.11. The molecule has 0 unspecified atom stereocenters. The molecule has 0 aliphatic rings. The van der Waals surface area contributed by atoms with Crippen molar-refractivity contribution in [1.82, 2.24) is 0 Å². The monoisotopic (exact) mass is 307 g/mol. The van der Waals surface area contributed by atoms with Gasteiger partial charge < -0.3 is 10.5 Å². The standard InChI is InChI=1S/C15H14ClNO2S/c1-2-19-15(18)10-6-5-9-13(14(10)17)20-12-8-4-3-7-11(12)16/h3-9H,2,17H2,1H3. The molecule has 5 heteroatoms. The van der Waals surface area contributed by atoms with E-state index in [9.17, 15) is 4.79 Å². The fraction of sp³-hybridized carbons (Fsp3) is 0.133. The lowest BCUT2D eigenvalue weighted by atomic mass is 10.2. The average molecular weight is 308 g/mol. The number of carbonyl (C=O) groups is 1. The molecule has 2 aromatic rings. The first-order valence-corrected chi connectivity index (χ1v) is 7.31. The zero-order chi connectivity index (χ0) is 14.5. The predicted octanol–water partition coefficient (Wildman–Crippen LogP) is 4.25. The molecule has 0 aromatic heterocycles. The first-order chi connectivity index (χ1) is 9.63. The Labute approximate surface area is 127 Å². The van der Waals surface area contributed by atoms with Crippen LogP contribution in [0.5, 0.6) is 0 Å². The van der Waals surface area contributed by atoms with Gasteiger partial charge in [-0.3, -0.25) is 0 Å². The molecule has 0 saturated carbocycles. The fourth-order valence-corrected chi connectivity index (χ4v) is 2.83.